The van der Waals surface area contributed by atoms with Crippen molar-refractivity contribution >= 4 is 27.0 Å². The van der Waals surface area contributed by atoms with Crippen molar-refractivity contribution in [2.45, 2.75) is 23.8 Å². The Bertz CT molecular complexity index is 787. The average Bonchev–Trinajstić information content (AvgIpc) is 3.18. The van der Waals surface area contributed by atoms with Gasteiger partial charge in [0.1, 0.15) is 0 Å². The molecule has 0 aliphatic carbocycles. The lowest BCUT2D eigenvalue weighted by atomic mass is 10.2. The fourth-order valence-corrected chi connectivity index (χ4v) is 5.34. The summed E-state index contributed by atoms with van der Waals surface area (Å²) in [5, 5.41) is 12.8. The lowest BCUT2D eigenvalue weighted by molar-refractivity contribution is -0.385. The van der Waals surface area contributed by atoms with Crippen molar-refractivity contribution in [1.82, 2.24) is 4.31 Å². The zero-order chi connectivity index (χ0) is 15.7. The minimum Gasteiger partial charge on any atom is -0.258 e. The van der Waals surface area contributed by atoms with Crippen LogP contribution in [0.15, 0.2) is 46.7 Å². The van der Waals surface area contributed by atoms with Gasteiger partial charge in [0.2, 0.25) is 10.0 Å². The van der Waals surface area contributed by atoms with E-state index in [2.05, 4.69) is 0 Å². The molecule has 0 saturated carbocycles. The van der Waals surface area contributed by atoms with Gasteiger partial charge in [-0.1, -0.05) is 12.1 Å². The van der Waals surface area contributed by atoms with Gasteiger partial charge in [-0.2, -0.15) is 4.31 Å². The Kier molecular flexibility index (Phi) is 3.98. The molecular formula is C14H14N2O4S2. The van der Waals surface area contributed by atoms with Gasteiger partial charge in [-0.15, -0.1) is 11.3 Å². The summed E-state index contributed by atoms with van der Waals surface area (Å²) in [5.41, 5.74) is -0.215. The number of hydrogen-bond acceptors (Lipinski definition) is 5. The van der Waals surface area contributed by atoms with Gasteiger partial charge in [0.05, 0.1) is 15.9 Å². The van der Waals surface area contributed by atoms with Crippen LogP contribution < -0.4 is 0 Å². The number of sulfonamides is 1. The SMILES string of the molecule is O=[N+]([O-])c1cccc(S(=O)(=O)N2CCC[C@@H]2c2cccs2)c1. The van der Waals surface area contributed by atoms with Crippen molar-refractivity contribution in [1.29, 1.82) is 0 Å². The van der Waals surface area contributed by atoms with Gasteiger partial charge < -0.3 is 0 Å². The van der Waals surface area contributed by atoms with E-state index < -0.39 is 14.9 Å². The fourth-order valence-electron chi connectivity index (χ4n) is 2.69. The minimum atomic E-state index is -3.73. The largest absolute Gasteiger partial charge is 0.270 e. The highest BCUT2D eigenvalue weighted by atomic mass is 32.2. The van der Waals surface area contributed by atoms with E-state index in [1.54, 1.807) is 0 Å². The van der Waals surface area contributed by atoms with E-state index in [9.17, 15) is 18.5 Å². The summed E-state index contributed by atoms with van der Waals surface area (Å²) < 4.78 is 27.1. The third-order valence-corrected chi connectivity index (χ3v) is 6.59. The molecule has 1 fully saturated rings. The molecule has 8 heteroatoms. The number of nitro benzene ring substituents is 1. The van der Waals surface area contributed by atoms with Crippen molar-refractivity contribution in [2.75, 3.05) is 6.54 Å². The van der Waals surface area contributed by atoms with Crippen molar-refractivity contribution in [3.05, 3.63) is 56.8 Å². The summed E-state index contributed by atoms with van der Waals surface area (Å²) >= 11 is 1.53. The third-order valence-electron chi connectivity index (χ3n) is 3.71. The molecule has 0 amide bonds. The first-order valence-electron chi connectivity index (χ1n) is 6.80. The second kappa shape index (κ2) is 5.79. The Balaban J connectivity index is 1.99. The number of benzene rings is 1. The molecule has 1 aliphatic heterocycles. The van der Waals surface area contributed by atoms with E-state index in [4.69, 9.17) is 0 Å². The van der Waals surface area contributed by atoms with Crippen LogP contribution in [0.3, 0.4) is 0 Å². The first kappa shape index (κ1) is 15.1. The van der Waals surface area contributed by atoms with Crippen LogP contribution in [0, 0.1) is 10.1 Å². The molecule has 6 nitrogen and oxygen atoms in total. The van der Waals surface area contributed by atoms with Gasteiger partial charge in [0.25, 0.3) is 5.69 Å². The lowest BCUT2D eigenvalue weighted by Gasteiger charge is -2.23. The normalized spacial score (nSPS) is 19.4. The molecule has 116 valence electrons. The number of nitrogens with zero attached hydrogens (tertiary/aromatic N) is 2. The van der Waals surface area contributed by atoms with E-state index in [1.165, 1.54) is 33.8 Å². The Morgan fingerprint density at radius 2 is 2.09 bits per heavy atom. The number of rotatable bonds is 4. The maximum absolute atomic E-state index is 12.8. The van der Waals surface area contributed by atoms with Crippen LogP contribution in [-0.4, -0.2) is 24.2 Å². The Hall–Kier alpha value is -1.77. The molecule has 1 saturated heterocycles. The van der Waals surface area contributed by atoms with Gasteiger partial charge in [0, 0.05) is 23.6 Å². The first-order valence-corrected chi connectivity index (χ1v) is 9.12. The van der Waals surface area contributed by atoms with Crippen LogP contribution >= 0.6 is 11.3 Å². The van der Waals surface area contributed by atoms with Gasteiger partial charge in [-0.25, -0.2) is 8.42 Å². The molecule has 22 heavy (non-hydrogen) atoms. The zero-order valence-corrected chi connectivity index (χ0v) is 13.2. The minimum absolute atomic E-state index is 0.0230. The van der Waals surface area contributed by atoms with Gasteiger partial charge in [0.15, 0.2) is 0 Å². The van der Waals surface area contributed by atoms with E-state index in [1.807, 2.05) is 17.5 Å². The van der Waals surface area contributed by atoms with Gasteiger partial charge in [-0.3, -0.25) is 10.1 Å². The average molecular weight is 338 g/mol. The van der Waals surface area contributed by atoms with Crippen molar-refractivity contribution in [2.24, 2.45) is 0 Å². The Morgan fingerprint density at radius 1 is 1.27 bits per heavy atom. The molecule has 3 rings (SSSR count). The summed E-state index contributed by atoms with van der Waals surface area (Å²) in [6.45, 7) is 0.438. The van der Waals surface area contributed by atoms with Crippen LogP contribution in [-0.2, 0) is 10.0 Å². The predicted molar refractivity (Wildman–Crippen MR) is 83.3 cm³/mol. The van der Waals surface area contributed by atoms with Gasteiger partial charge in [-0.05, 0) is 30.4 Å². The molecule has 0 unspecified atom stereocenters. The summed E-state index contributed by atoms with van der Waals surface area (Å²) in [6, 6.07) is 8.88. The topological polar surface area (TPSA) is 80.5 Å². The maximum atomic E-state index is 12.8. The number of thiophene rings is 1. The smallest absolute Gasteiger partial charge is 0.258 e. The van der Waals surface area contributed by atoms with E-state index in [0.29, 0.717) is 6.54 Å². The van der Waals surface area contributed by atoms with Crippen LogP contribution in [0.5, 0.6) is 0 Å². The number of non-ortho nitro benzene ring substituents is 1. The number of hydrogen-bond donors (Lipinski definition) is 0. The van der Waals surface area contributed by atoms with E-state index in [-0.39, 0.29) is 16.6 Å². The second-order valence-corrected chi connectivity index (χ2v) is 7.91. The molecule has 1 atom stereocenters. The van der Waals surface area contributed by atoms with E-state index in [0.717, 1.165) is 23.8 Å². The fraction of sp³-hybridized carbons (Fsp3) is 0.286. The summed E-state index contributed by atoms with van der Waals surface area (Å²) in [4.78, 5) is 11.3. The number of nitro groups is 1. The van der Waals surface area contributed by atoms with Crippen LogP contribution in [0.4, 0.5) is 5.69 Å². The molecule has 2 heterocycles. The monoisotopic (exact) mass is 338 g/mol. The van der Waals surface area contributed by atoms with Gasteiger partial charge >= 0.3 is 0 Å². The highest BCUT2D eigenvalue weighted by Crippen LogP contribution is 2.38. The quantitative estimate of drug-likeness (QED) is 0.633. The molecular weight excluding hydrogens is 324 g/mol. The molecule has 1 aromatic carbocycles. The van der Waals surface area contributed by atoms with Crippen LogP contribution in [0.1, 0.15) is 23.8 Å². The van der Waals surface area contributed by atoms with Crippen molar-refractivity contribution < 1.29 is 13.3 Å². The van der Waals surface area contributed by atoms with Crippen LogP contribution in [0.2, 0.25) is 0 Å². The summed E-state index contributed by atoms with van der Waals surface area (Å²) in [5.74, 6) is 0. The summed E-state index contributed by atoms with van der Waals surface area (Å²) in [6.07, 6.45) is 1.56. The Morgan fingerprint density at radius 3 is 2.77 bits per heavy atom. The lowest BCUT2D eigenvalue weighted by Crippen LogP contribution is -2.30. The molecule has 1 aliphatic rings. The zero-order valence-electron chi connectivity index (χ0n) is 11.6. The Labute approximate surface area is 132 Å². The molecule has 2 aromatic rings. The second-order valence-electron chi connectivity index (χ2n) is 5.04. The van der Waals surface area contributed by atoms with Crippen molar-refractivity contribution in [3.8, 4) is 0 Å². The standard InChI is InChI=1S/C14H14N2O4S2/c17-16(18)11-4-1-5-12(10-11)22(19,20)15-8-2-6-13(15)14-7-3-9-21-14/h1,3-5,7,9-10,13H,2,6,8H2/t13-/m1/s1. The van der Waals surface area contributed by atoms with Crippen molar-refractivity contribution in [3.63, 3.8) is 0 Å². The molecule has 0 spiro atoms. The predicted octanol–water partition coefficient (Wildman–Crippen LogP) is 3.18. The summed E-state index contributed by atoms with van der Waals surface area (Å²) in [7, 11) is -3.73. The maximum Gasteiger partial charge on any atom is 0.270 e. The molecule has 0 bridgehead atoms. The van der Waals surface area contributed by atoms with E-state index >= 15 is 0 Å². The molecule has 1 aromatic heterocycles. The first-order chi connectivity index (χ1) is 10.5. The highest BCUT2D eigenvalue weighted by Gasteiger charge is 2.37. The third kappa shape index (κ3) is 2.65. The molecule has 0 N–H and O–H groups in total. The molecule has 0 radical (unpaired) electrons. The van der Waals surface area contributed by atoms with Crippen LogP contribution in [0.25, 0.3) is 0 Å². The highest BCUT2D eigenvalue weighted by molar-refractivity contribution is 7.89.